The molecule has 1 heterocycles. The van der Waals surface area contributed by atoms with Crippen molar-refractivity contribution in [3.63, 3.8) is 0 Å². The van der Waals surface area contributed by atoms with Crippen LogP contribution < -0.4 is 0 Å². The fourth-order valence-electron chi connectivity index (χ4n) is 1.97. The van der Waals surface area contributed by atoms with Crippen LogP contribution >= 0.6 is 11.6 Å². The van der Waals surface area contributed by atoms with Crippen LogP contribution in [0, 0.1) is 0 Å². The Bertz CT molecular complexity index is 584. The van der Waals surface area contributed by atoms with Crippen molar-refractivity contribution in [2.24, 2.45) is 0 Å². The zero-order chi connectivity index (χ0) is 13.8. The van der Waals surface area contributed by atoms with Gasteiger partial charge in [-0.05, 0) is 29.7 Å². The van der Waals surface area contributed by atoms with Crippen LogP contribution in [0.1, 0.15) is 24.8 Å². The molecule has 0 fully saturated rings. The van der Waals surface area contributed by atoms with Gasteiger partial charge in [0.2, 0.25) is 0 Å². The molecule has 0 spiro atoms. The van der Waals surface area contributed by atoms with Crippen LogP contribution in [-0.2, 0) is 4.79 Å². The Labute approximate surface area is 116 Å². The van der Waals surface area contributed by atoms with E-state index in [0.29, 0.717) is 5.02 Å². The topological polar surface area (TPSA) is 50.2 Å². The molecule has 1 atom stereocenters. The lowest BCUT2D eigenvalue weighted by atomic mass is 9.94. The second-order valence-corrected chi connectivity index (χ2v) is 4.89. The van der Waals surface area contributed by atoms with E-state index in [1.165, 1.54) is 0 Å². The van der Waals surface area contributed by atoms with E-state index in [4.69, 9.17) is 16.7 Å². The molecule has 19 heavy (non-hydrogen) atoms. The Morgan fingerprint density at radius 3 is 2.84 bits per heavy atom. The molecule has 1 unspecified atom stereocenters. The summed E-state index contributed by atoms with van der Waals surface area (Å²) < 4.78 is 0. The molecule has 2 rings (SSSR count). The maximum atomic E-state index is 10.8. The molecule has 4 heteroatoms. The molecule has 0 saturated heterocycles. The summed E-state index contributed by atoms with van der Waals surface area (Å²) in [5, 5.41) is 9.49. The van der Waals surface area contributed by atoms with E-state index in [0.717, 1.165) is 16.7 Å². The number of aromatic nitrogens is 1. The Hall–Kier alpha value is -1.87. The SMILES string of the molecule is CC(CC(=O)O)c1ccc(Cl)c(-c2cccnc2)c1. The summed E-state index contributed by atoms with van der Waals surface area (Å²) in [5.74, 6) is -0.851. The summed E-state index contributed by atoms with van der Waals surface area (Å²) in [6.45, 7) is 1.89. The van der Waals surface area contributed by atoms with Crippen molar-refractivity contribution in [3.05, 3.63) is 53.3 Å². The van der Waals surface area contributed by atoms with Crippen LogP contribution in [0.3, 0.4) is 0 Å². The molecule has 0 amide bonds. The van der Waals surface area contributed by atoms with Gasteiger partial charge in [0.15, 0.2) is 0 Å². The molecular formula is C15H14ClNO2. The number of hydrogen-bond donors (Lipinski definition) is 1. The van der Waals surface area contributed by atoms with Gasteiger partial charge in [0, 0.05) is 28.5 Å². The number of aliphatic carboxylic acids is 1. The number of benzene rings is 1. The normalized spacial score (nSPS) is 12.1. The third-order valence-electron chi connectivity index (χ3n) is 3.01. The maximum absolute atomic E-state index is 10.8. The van der Waals surface area contributed by atoms with E-state index < -0.39 is 5.97 Å². The average molecular weight is 276 g/mol. The van der Waals surface area contributed by atoms with Crippen molar-refractivity contribution in [3.8, 4) is 11.1 Å². The van der Waals surface area contributed by atoms with E-state index in [-0.39, 0.29) is 12.3 Å². The summed E-state index contributed by atoms with van der Waals surface area (Å²) in [7, 11) is 0. The van der Waals surface area contributed by atoms with E-state index in [2.05, 4.69) is 4.98 Å². The van der Waals surface area contributed by atoms with E-state index in [1.807, 2.05) is 31.2 Å². The van der Waals surface area contributed by atoms with Gasteiger partial charge in [0.1, 0.15) is 0 Å². The predicted octanol–water partition coefficient (Wildman–Crippen LogP) is 3.98. The standard InChI is InChI=1S/C15H14ClNO2/c1-10(7-15(18)19)11-4-5-14(16)13(8-11)12-3-2-6-17-9-12/h2-6,8-10H,7H2,1H3,(H,18,19). The number of rotatable bonds is 4. The molecular weight excluding hydrogens is 262 g/mol. The molecule has 0 bridgehead atoms. The van der Waals surface area contributed by atoms with Crippen LogP contribution in [0.5, 0.6) is 0 Å². The lowest BCUT2D eigenvalue weighted by Crippen LogP contribution is -2.03. The Balaban J connectivity index is 2.38. The van der Waals surface area contributed by atoms with Gasteiger partial charge in [-0.1, -0.05) is 30.7 Å². The van der Waals surface area contributed by atoms with Crippen molar-refractivity contribution in [2.75, 3.05) is 0 Å². The number of carboxylic acids is 1. The quantitative estimate of drug-likeness (QED) is 0.918. The highest BCUT2D eigenvalue weighted by Crippen LogP contribution is 2.31. The summed E-state index contributed by atoms with van der Waals surface area (Å²) in [5.41, 5.74) is 2.77. The van der Waals surface area contributed by atoms with Crippen LogP contribution in [-0.4, -0.2) is 16.1 Å². The number of pyridine rings is 1. The minimum atomic E-state index is -0.801. The minimum Gasteiger partial charge on any atom is -0.481 e. The van der Waals surface area contributed by atoms with Gasteiger partial charge in [0.25, 0.3) is 0 Å². The fourth-order valence-corrected chi connectivity index (χ4v) is 2.20. The fraction of sp³-hybridized carbons (Fsp3) is 0.200. The van der Waals surface area contributed by atoms with Crippen LogP contribution in [0.2, 0.25) is 5.02 Å². The second-order valence-electron chi connectivity index (χ2n) is 4.48. The monoisotopic (exact) mass is 275 g/mol. The van der Waals surface area contributed by atoms with Gasteiger partial charge in [0.05, 0.1) is 6.42 Å². The molecule has 0 aliphatic heterocycles. The molecule has 0 aliphatic carbocycles. The highest BCUT2D eigenvalue weighted by atomic mass is 35.5. The maximum Gasteiger partial charge on any atom is 0.303 e. The number of hydrogen-bond acceptors (Lipinski definition) is 2. The molecule has 0 saturated carbocycles. The second kappa shape index (κ2) is 5.85. The first-order valence-corrected chi connectivity index (χ1v) is 6.37. The summed E-state index contributed by atoms with van der Waals surface area (Å²) in [6, 6.07) is 9.39. The molecule has 1 aromatic heterocycles. The number of halogens is 1. The molecule has 2 aromatic rings. The van der Waals surface area contributed by atoms with Gasteiger partial charge in [-0.15, -0.1) is 0 Å². The van der Waals surface area contributed by atoms with Gasteiger partial charge < -0.3 is 5.11 Å². The Morgan fingerprint density at radius 1 is 1.42 bits per heavy atom. The average Bonchev–Trinajstić information content (AvgIpc) is 2.39. The Morgan fingerprint density at radius 2 is 2.21 bits per heavy atom. The zero-order valence-electron chi connectivity index (χ0n) is 10.5. The highest BCUT2D eigenvalue weighted by Gasteiger charge is 2.12. The van der Waals surface area contributed by atoms with E-state index in [9.17, 15) is 4.79 Å². The first-order valence-electron chi connectivity index (χ1n) is 5.99. The number of carbonyl (C=O) groups is 1. The lowest BCUT2D eigenvalue weighted by molar-refractivity contribution is -0.137. The van der Waals surface area contributed by atoms with Crippen molar-refractivity contribution in [2.45, 2.75) is 19.3 Å². The zero-order valence-corrected chi connectivity index (χ0v) is 11.3. The van der Waals surface area contributed by atoms with Crippen molar-refractivity contribution < 1.29 is 9.90 Å². The largest absolute Gasteiger partial charge is 0.481 e. The van der Waals surface area contributed by atoms with Crippen molar-refractivity contribution in [1.82, 2.24) is 4.98 Å². The van der Waals surface area contributed by atoms with Gasteiger partial charge in [-0.3, -0.25) is 9.78 Å². The van der Waals surface area contributed by atoms with Crippen LogP contribution in [0.4, 0.5) is 0 Å². The number of carboxylic acid groups (broad SMARTS) is 1. The predicted molar refractivity (Wildman–Crippen MR) is 75.4 cm³/mol. The third-order valence-corrected chi connectivity index (χ3v) is 3.34. The minimum absolute atomic E-state index is 0.0508. The smallest absolute Gasteiger partial charge is 0.303 e. The summed E-state index contributed by atoms with van der Waals surface area (Å²) >= 11 is 6.20. The molecule has 0 aliphatic rings. The molecule has 3 nitrogen and oxygen atoms in total. The Kier molecular flexibility index (Phi) is 4.17. The van der Waals surface area contributed by atoms with Crippen molar-refractivity contribution >= 4 is 17.6 Å². The first kappa shape index (κ1) is 13.6. The van der Waals surface area contributed by atoms with Crippen molar-refractivity contribution in [1.29, 1.82) is 0 Å². The summed E-state index contributed by atoms with van der Waals surface area (Å²) in [6.07, 6.45) is 3.55. The molecule has 0 radical (unpaired) electrons. The molecule has 98 valence electrons. The van der Waals surface area contributed by atoms with E-state index >= 15 is 0 Å². The van der Waals surface area contributed by atoms with E-state index in [1.54, 1.807) is 18.5 Å². The lowest BCUT2D eigenvalue weighted by Gasteiger charge is -2.12. The van der Waals surface area contributed by atoms with Gasteiger partial charge >= 0.3 is 5.97 Å². The highest BCUT2D eigenvalue weighted by molar-refractivity contribution is 6.33. The third kappa shape index (κ3) is 3.32. The van der Waals surface area contributed by atoms with Crippen LogP contribution in [0.15, 0.2) is 42.7 Å². The number of nitrogens with zero attached hydrogens (tertiary/aromatic N) is 1. The van der Waals surface area contributed by atoms with Crippen LogP contribution in [0.25, 0.3) is 11.1 Å². The van der Waals surface area contributed by atoms with Gasteiger partial charge in [-0.2, -0.15) is 0 Å². The molecule has 1 N–H and O–H groups in total. The molecule has 1 aromatic carbocycles. The summed E-state index contributed by atoms with van der Waals surface area (Å²) in [4.78, 5) is 14.8. The van der Waals surface area contributed by atoms with Gasteiger partial charge in [-0.25, -0.2) is 0 Å². The first-order chi connectivity index (χ1) is 9.08.